The van der Waals surface area contributed by atoms with E-state index in [1.807, 2.05) is 12.1 Å². The van der Waals surface area contributed by atoms with Gasteiger partial charge in [0.1, 0.15) is 12.4 Å². The van der Waals surface area contributed by atoms with E-state index >= 15 is 0 Å². The van der Waals surface area contributed by atoms with Gasteiger partial charge in [0.05, 0.1) is 0 Å². The van der Waals surface area contributed by atoms with Gasteiger partial charge in [-0.1, -0.05) is 56.8 Å². The van der Waals surface area contributed by atoms with Crippen LogP contribution in [0.15, 0.2) is 41.5 Å². The molecule has 2 atom stereocenters. The van der Waals surface area contributed by atoms with Gasteiger partial charge in [-0.2, -0.15) is 0 Å². The lowest BCUT2D eigenvalue weighted by Gasteiger charge is -2.33. The second-order valence-corrected chi connectivity index (χ2v) is 8.61. The fraction of sp³-hybridized carbons (Fsp3) is 0.500. The number of hydrogen-bond donors (Lipinski definition) is 0. The lowest BCUT2D eigenvalue weighted by molar-refractivity contribution is 0.204. The Morgan fingerprint density at radius 3 is 2.58 bits per heavy atom. The molecule has 0 heterocycles. The number of thiocarbonyl (C=S) groups is 1. The molecule has 2 unspecified atom stereocenters. The van der Waals surface area contributed by atoms with E-state index < -0.39 is 0 Å². The van der Waals surface area contributed by atoms with Crippen molar-refractivity contribution in [3.8, 4) is 5.75 Å². The summed E-state index contributed by atoms with van der Waals surface area (Å²) in [6.45, 7) is 11.9. The highest BCUT2D eigenvalue weighted by Gasteiger charge is 2.61. The van der Waals surface area contributed by atoms with Crippen molar-refractivity contribution in [2.45, 2.75) is 47.5 Å². The number of hydrogen-bond acceptors (Lipinski definition) is 2. The smallest absolute Gasteiger partial charge is 0.127 e. The predicted octanol–water partition coefficient (Wildman–Crippen LogP) is 6.24. The molecule has 1 aromatic carbocycles. The first-order valence-corrected chi connectivity index (χ1v) is 9.30. The average Bonchev–Trinajstić information content (AvgIpc) is 2.82. The number of benzene rings is 1. The maximum absolute atomic E-state index is 5.99. The monoisotopic (exact) mass is 340 g/mol. The van der Waals surface area contributed by atoms with Gasteiger partial charge >= 0.3 is 0 Å². The van der Waals surface area contributed by atoms with Crippen molar-refractivity contribution in [3.63, 3.8) is 0 Å². The summed E-state index contributed by atoms with van der Waals surface area (Å²) in [6.07, 6.45) is 6.86. The Hall–Kier alpha value is -1.41. The Bertz CT molecular complexity index is 721. The van der Waals surface area contributed by atoms with Gasteiger partial charge in [0.2, 0.25) is 0 Å². The van der Waals surface area contributed by atoms with Crippen LogP contribution in [0, 0.1) is 16.7 Å². The molecular weight excluding hydrogens is 312 g/mol. The van der Waals surface area contributed by atoms with Gasteiger partial charge in [0.15, 0.2) is 0 Å². The SMILES string of the molecule is CC(C)=CCOc1ccccc1/C=C1/C(=S)C2(C)CCC1C2(C)C. The zero-order valence-corrected chi connectivity index (χ0v) is 16.3. The van der Waals surface area contributed by atoms with Crippen molar-refractivity contribution in [2.75, 3.05) is 6.61 Å². The van der Waals surface area contributed by atoms with E-state index in [4.69, 9.17) is 17.0 Å². The second-order valence-electron chi connectivity index (χ2n) is 8.20. The predicted molar refractivity (Wildman–Crippen MR) is 107 cm³/mol. The first kappa shape index (κ1) is 17.4. The minimum absolute atomic E-state index is 0.163. The van der Waals surface area contributed by atoms with Gasteiger partial charge in [-0.05, 0) is 61.8 Å². The van der Waals surface area contributed by atoms with Crippen LogP contribution >= 0.6 is 12.2 Å². The summed E-state index contributed by atoms with van der Waals surface area (Å²) in [5, 5.41) is 0. The fourth-order valence-electron chi connectivity index (χ4n) is 4.29. The van der Waals surface area contributed by atoms with E-state index in [0.717, 1.165) is 11.3 Å². The Labute approximate surface area is 151 Å². The van der Waals surface area contributed by atoms with E-state index in [0.29, 0.717) is 12.5 Å². The molecule has 0 radical (unpaired) electrons. The molecule has 2 aliphatic rings. The Morgan fingerprint density at radius 2 is 1.96 bits per heavy atom. The summed E-state index contributed by atoms with van der Waals surface area (Å²) in [5.41, 5.74) is 4.20. The quantitative estimate of drug-likeness (QED) is 0.364. The van der Waals surface area contributed by atoms with E-state index in [2.05, 4.69) is 58.9 Å². The molecule has 0 spiro atoms. The highest BCUT2D eigenvalue weighted by Crippen LogP contribution is 2.66. The zero-order chi connectivity index (χ0) is 17.5. The summed E-state index contributed by atoms with van der Waals surface area (Å²) in [7, 11) is 0. The molecule has 2 saturated carbocycles. The number of ether oxygens (including phenoxy) is 1. The molecule has 0 amide bonds. The van der Waals surface area contributed by atoms with Gasteiger partial charge in [-0.3, -0.25) is 0 Å². The molecule has 0 aliphatic heterocycles. The van der Waals surface area contributed by atoms with Crippen LogP contribution in [-0.4, -0.2) is 11.5 Å². The topological polar surface area (TPSA) is 9.23 Å². The van der Waals surface area contributed by atoms with Crippen LogP contribution in [-0.2, 0) is 0 Å². The zero-order valence-electron chi connectivity index (χ0n) is 15.5. The second kappa shape index (κ2) is 6.15. The number of allylic oxidation sites excluding steroid dienone is 2. The van der Waals surface area contributed by atoms with Crippen LogP contribution in [0.3, 0.4) is 0 Å². The molecule has 0 saturated heterocycles. The van der Waals surface area contributed by atoms with E-state index in [-0.39, 0.29) is 10.8 Å². The molecule has 1 aromatic rings. The molecule has 2 aliphatic carbocycles. The normalized spacial score (nSPS) is 29.1. The average molecular weight is 341 g/mol. The molecular formula is C22H28OS. The molecule has 2 bridgehead atoms. The Kier molecular flexibility index (Phi) is 4.46. The van der Waals surface area contributed by atoms with Crippen molar-refractivity contribution < 1.29 is 4.74 Å². The summed E-state index contributed by atoms with van der Waals surface area (Å²) < 4.78 is 5.99. The number of rotatable bonds is 4. The first-order valence-electron chi connectivity index (χ1n) is 8.89. The third-order valence-corrected chi connectivity index (χ3v) is 7.01. The maximum atomic E-state index is 5.99. The van der Waals surface area contributed by atoms with Crippen LogP contribution < -0.4 is 4.74 Å². The summed E-state index contributed by atoms with van der Waals surface area (Å²) in [6, 6.07) is 8.29. The van der Waals surface area contributed by atoms with E-state index in [1.54, 1.807) is 0 Å². The van der Waals surface area contributed by atoms with Crippen molar-refractivity contribution >= 4 is 23.2 Å². The lowest BCUT2D eigenvalue weighted by Crippen LogP contribution is -2.31. The van der Waals surface area contributed by atoms with Gasteiger partial charge < -0.3 is 4.74 Å². The highest BCUT2D eigenvalue weighted by molar-refractivity contribution is 7.81. The van der Waals surface area contributed by atoms with Gasteiger partial charge in [-0.25, -0.2) is 0 Å². The van der Waals surface area contributed by atoms with Gasteiger partial charge in [0.25, 0.3) is 0 Å². The minimum Gasteiger partial charge on any atom is -0.489 e. The third kappa shape index (κ3) is 2.65. The largest absolute Gasteiger partial charge is 0.489 e. The van der Waals surface area contributed by atoms with E-state index in [1.165, 1.54) is 28.9 Å². The van der Waals surface area contributed by atoms with Crippen LogP contribution in [0.5, 0.6) is 5.75 Å². The standard InChI is InChI=1S/C22H28OS/c1-15(2)11-13-23-19-9-7-6-8-16(19)14-17-18-10-12-22(5,20(17)24)21(18,3)4/h6-9,11,14,18H,10,12-13H2,1-5H3/b17-14+. The molecule has 1 nitrogen and oxygen atoms in total. The molecule has 3 rings (SSSR count). The maximum Gasteiger partial charge on any atom is 0.127 e. The summed E-state index contributed by atoms with van der Waals surface area (Å²) in [4.78, 5) is 1.17. The van der Waals surface area contributed by atoms with Crippen LogP contribution in [0.2, 0.25) is 0 Å². The van der Waals surface area contributed by atoms with Crippen molar-refractivity contribution in [1.82, 2.24) is 0 Å². The van der Waals surface area contributed by atoms with Crippen LogP contribution in [0.25, 0.3) is 6.08 Å². The first-order chi connectivity index (χ1) is 11.3. The van der Waals surface area contributed by atoms with Crippen molar-refractivity contribution in [2.24, 2.45) is 16.7 Å². The Balaban J connectivity index is 1.93. The fourth-order valence-corrected chi connectivity index (χ4v) is 4.86. The van der Waals surface area contributed by atoms with E-state index in [9.17, 15) is 0 Å². The van der Waals surface area contributed by atoms with Crippen LogP contribution in [0.1, 0.15) is 53.0 Å². The van der Waals surface area contributed by atoms with Gasteiger partial charge in [0, 0.05) is 15.8 Å². The Morgan fingerprint density at radius 1 is 1.25 bits per heavy atom. The lowest BCUT2D eigenvalue weighted by atomic mass is 9.71. The number of fused-ring (bicyclic) bond motifs is 2. The minimum atomic E-state index is 0.163. The summed E-state index contributed by atoms with van der Waals surface area (Å²) in [5.74, 6) is 1.51. The van der Waals surface area contributed by atoms with Crippen molar-refractivity contribution in [1.29, 1.82) is 0 Å². The highest BCUT2D eigenvalue weighted by atomic mass is 32.1. The molecule has 24 heavy (non-hydrogen) atoms. The molecule has 2 heteroatoms. The van der Waals surface area contributed by atoms with Gasteiger partial charge in [-0.15, -0.1) is 0 Å². The third-order valence-electron chi connectivity index (χ3n) is 6.33. The molecule has 0 aromatic heterocycles. The van der Waals surface area contributed by atoms with Crippen LogP contribution in [0.4, 0.5) is 0 Å². The number of para-hydroxylation sites is 1. The van der Waals surface area contributed by atoms with Crippen molar-refractivity contribution in [3.05, 3.63) is 47.1 Å². The summed E-state index contributed by atoms with van der Waals surface area (Å²) >= 11 is 5.90. The molecule has 2 fully saturated rings. The molecule has 128 valence electrons. The molecule has 0 N–H and O–H groups in total.